The van der Waals surface area contributed by atoms with E-state index in [1.807, 2.05) is 25.1 Å². The highest BCUT2D eigenvalue weighted by Crippen LogP contribution is 2.15. The van der Waals surface area contributed by atoms with Crippen LogP contribution in [-0.2, 0) is 0 Å². The molecule has 2 heteroatoms. The van der Waals surface area contributed by atoms with Gasteiger partial charge in [0.2, 0.25) is 0 Å². The monoisotopic (exact) mass is 159 g/mol. The average molecular weight is 159 g/mol. The minimum Gasteiger partial charge on any atom is -0.329 e. The van der Waals surface area contributed by atoms with Gasteiger partial charge in [-0.25, -0.2) is 0 Å². The number of aliphatic imine (C=N–C) groups is 1. The van der Waals surface area contributed by atoms with E-state index in [9.17, 15) is 0 Å². The van der Waals surface area contributed by atoms with E-state index in [0.29, 0.717) is 0 Å². The molecule has 0 spiro atoms. The van der Waals surface area contributed by atoms with Crippen molar-refractivity contribution in [3.63, 3.8) is 0 Å². The number of anilines is 1. The van der Waals surface area contributed by atoms with Crippen LogP contribution in [0.4, 0.5) is 5.69 Å². The second-order valence-electron chi connectivity index (χ2n) is 2.84. The lowest BCUT2D eigenvalue weighted by molar-refractivity contribution is 1.02. The van der Waals surface area contributed by atoms with Crippen molar-refractivity contribution in [3.8, 4) is 0 Å². The van der Waals surface area contributed by atoms with Crippen molar-refractivity contribution in [2.45, 2.75) is 6.92 Å². The standard InChI is InChI=1S/C10H11N2/c1-9-11-7-8-12(9)10-5-3-2-4-6-10/h2-3,5-6H,7-8H2,1H3. The molecule has 0 unspecified atom stereocenters. The highest BCUT2D eigenvalue weighted by atomic mass is 15.2. The van der Waals surface area contributed by atoms with Gasteiger partial charge in [-0.3, -0.25) is 4.99 Å². The Labute approximate surface area is 72.5 Å². The van der Waals surface area contributed by atoms with E-state index in [1.54, 1.807) is 0 Å². The van der Waals surface area contributed by atoms with E-state index in [4.69, 9.17) is 0 Å². The molecule has 0 aliphatic carbocycles. The number of hydrogen-bond donors (Lipinski definition) is 0. The smallest absolute Gasteiger partial charge is 0.100 e. The molecule has 2 rings (SSSR count). The van der Waals surface area contributed by atoms with Crippen LogP contribution in [0.2, 0.25) is 0 Å². The Morgan fingerprint density at radius 3 is 3.08 bits per heavy atom. The second kappa shape index (κ2) is 2.97. The van der Waals surface area contributed by atoms with Gasteiger partial charge >= 0.3 is 0 Å². The van der Waals surface area contributed by atoms with Crippen LogP contribution in [0.3, 0.4) is 0 Å². The molecule has 61 valence electrons. The fraction of sp³-hybridized carbons (Fsp3) is 0.300. The quantitative estimate of drug-likeness (QED) is 0.609. The van der Waals surface area contributed by atoms with Gasteiger partial charge in [-0.15, -0.1) is 0 Å². The van der Waals surface area contributed by atoms with Gasteiger partial charge in [-0.2, -0.15) is 0 Å². The van der Waals surface area contributed by atoms with Crippen LogP contribution in [0.15, 0.2) is 29.3 Å². The third-order valence-corrected chi connectivity index (χ3v) is 2.06. The highest BCUT2D eigenvalue weighted by Gasteiger charge is 2.13. The zero-order valence-electron chi connectivity index (χ0n) is 7.12. The van der Waals surface area contributed by atoms with Gasteiger partial charge in [0.25, 0.3) is 0 Å². The summed E-state index contributed by atoms with van der Waals surface area (Å²) in [5.41, 5.74) is 1.19. The van der Waals surface area contributed by atoms with Crippen LogP contribution in [0.1, 0.15) is 6.92 Å². The molecule has 1 radical (unpaired) electrons. The predicted octanol–water partition coefficient (Wildman–Crippen LogP) is 1.73. The average Bonchev–Trinajstić information content (AvgIpc) is 2.53. The maximum Gasteiger partial charge on any atom is 0.100 e. The van der Waals surface area contributed by atoms with E-state index in [2.05, 4.69) is 22.0 Å². The molecule has 12 heavy (non-hydrogen) atoms. The number of hydrogen-bond acceptors (Lipinski definition) is 2. The van der Waals surface area contributed by atoms with Crippen LogP contribution in [0.25, 0.3) is 0 Å². The van der Waals surface area contributed by atoms with Gasteiger partial charge in [0.05, 0.1) is 6.54 Å². The first-order chi connectivity index (χ1) is 5.88. The van der Waals surface area contributed by atoms with Gasteiger partial charge < -0.3 is 4.90 Å². The zero-order valence-corrected chi connectivity index (χ0v) is 7.12. The van der Waals surface area contributed by atoms with E-state index in [-0.39, 0.29) is 0 Å². The van der Waals surface area contributed by atoms with Crippen molar-refractivity contribution >= 4 is 11.5 Å². The molecule has 1 aliphatic heterocycles. The summed E-state index contributed by atoms with van der Waals surface area (Å²) in [5, 5.41) is 0. The predicted molar refractivity (Wildman–Crippen MR) is 50.6 cm³/mol. The summed E-state index contributed by atoms with van der Waals surface area (Å²) >= 11 is 0. The maximum absolute atomic E-state index is 4.32. The van der Waals surface area contributed by atoms with E-state index in [1.165, 1.54) is 5.69 Å². The summed E-state index contributed by atoms with van der Waals surface area (Å²) in [4.78, 5) is 6.53. The zero-order chi connectivity index (χ0) is 8.39. The first-order valence-corrected chi connectivity index (χ1v) is 4.12. The Hall–Kier alpha value is -1.31. The van der Waals surface area contributed by atoms with Gasteiger partial charge in [-0.05, 0) is 25.1 Å². The summed E-state index contributed by atoms with van der Waals surface area (Å²) in [6.45, 7) is 3.96. The van der Waals surface area contributed by atoms with Crippen molar-refractivity contribution < 1.29 is 0 Å². The third kappa shape index (κ3) is 1.20. The van der Waals surface area contributed by atoms with Gasteiger partial charge in [0.15, 0.2) is 0 Å². The molecule has 0 bridgehead atoms. The Kier molecular flexibility index (Phi) is 1.82. The molecule has 0 N–H and O–H groups in total. The number of amidine groups is 1. The number of benzene rings is 1. The Morgan fingerprint density at radius 1 is 1.58 bits per heavy atom. The van der Waals surface area contributed by atoms with Crippen LogP contribution in [0, 0.1) is 6.07 Å². The lowest BCUT2D eigenvalue weighted by Gasteiger charge is -2.17. The van der Waals surface area contributed by atoms with E-state index >= 15 is 0 Å². The topological polar surface area (TPSA) is 15.6 Å². The molecule has 1 aromatic carbocycles. The van der Waals surface area contributed by atoms with Crippen molar-refractivity contribution in [2.75, 3.05) is 18.0 Å². The molecule has 1 heterocycles. The van der Waals surface area contributed by atoms with Gasteiger partial charge in [0.1, 0.15) is 5.84 Å². The fourth-order valence-corrected chi connectivity index (χ4v) is 1.43. The summed E-state index contributed by atoms with van der Waals surface area (Å²) < 4.78 is 0. The molecule has 0 aromatic heterocycles. The summed E-state index contributed by atoms with van der Waals surface area (Å²) in [7, 11) is 0. The molecule has 0 saturated heterocycles. The van der Waals surface area contributed by atoms with Crippen LogP contribution in [0.5, 0.6) is 0 Å². The molecule has 0 amide bonds. The maximum atomic E-state index is 4.32. The van der Waals surface area contributed by atoms with E-state index < -0.39 is 0 Å². The minimum atomic E-state index is 0.917. The van der Waals surface area contributed by atoms with Crippen molar-refractivity contribution in [2.24, 2.45) is 4.99 Å². The Balaban J connectivity index is 2.27. The molecule has 2 nitrogen and oxygen atoms in total. The minimum absolute atomic E-state index is 0.917. The van der Waals surface area contributed by atoms with Crippen LogP contribution < -0.4 is 4.90 Å². The first-order valence-electron chi connectivity index (χ1n) is 4.12. The lowest BCUT2D eigenvalue weighted by atomic mass is 10.3. The Morgan fingerprint density at radius 2 is 2.50 bits per heavy atom. The van der Waals surface area contributed by atoms with Crippen molar-refractivity contribution in [1.29, 1.82) is 0 Å². The molecule has 0 saturated carbocycles. The molecule has 1 aromatic rings. The van der Waals surface area contributed by atoms with Crippen molar-refractivity contribution in [3.05, 3.63) is 30.3 Å². The molecular formula is C10H11N2. The first kappa shape index (κ1) is 7.35. The number of nitrogens with zero attached hydrogens (tertiary/aromatic N) is 2. The molecule has 1 aliphatic rings. The van der Waals surface area contributed by atoms with Crippen molar-refractivity contribution in [1.82, 2.24) is 0 Å². The van der Waals surface area contributed by atoms with E-state index in [0.717, 1.165) is 18.9 Å². The van der Waals surface area contributed by atoms with Gasteiger partial charge in [-0.1, -0.05) is 12.1 Å². The molecular weight excluding hydrogens is 148 g/mol. The Bertz CT molecular complexity index is 290. The summed E-state index contributed by atoms with van der Waals surface area (Å²) in [6.07, 6.45) is 0. The third-order valence-electron chi connectivity index (χ3n) is 2.06. The lowest BCUT2D eigenvalue weighted by Crippen LogP contribution is -2.24. The van der Waals surface area contributed by atoms with Crippen LogP contribution >= 0.6 is 0 Å². The largest absolute Gasteiger partial charge is 0.329 e. The normalized spacial score (nSPS) is 16.4. The second-order valence-corrected chi connectivity index (χ2v) is 2.84. The molecule has 0 atom stereocenters. The summed E-state index contributed by atoms with van der Waals surface area (Å²) in [6, 6.07) is 11.0. The molecule has 0 fully saturated rings. The van der Waals surface area contributed by atoms with Gasteiger partial charge in [0, 0.05) is 12.2 Å². The van der Waals surface area contributed by atoms with Crippen LogP contribution in [-0.4, -0.2) is 18.9 Å². The SMILES string of the molecule is CC1=NCCN1c1c[c]ccc1. The fourth-order valence-electron chi connectivity index (χ4n) is 1.43. The number of rotatable bonds is 1. The summed E-state index contributed by atoms with van der Waals surface area (Å²) in [5.74, 6) is 1.11. The highest BCUT2D eigenvalue weighted by molar-refractivity contribution is 5.97.